The van der Waals surface area contributed by atoms with Crippen molar-refractivity contribution in [2.45, 2.75) is 6.92 Å². The molecule has 1 fully saturated rings. The average molecular weight is 465 g/mol. The van der Waals surface area contributed by atoms with Crippen LogP contribution in [0.1, 0.15) is 17.3 Å². The molecule has 1 aromatic heterocycles. The van der Waals surface area contributed by atoms with Gasteiger partial charge in [-0.25, -0.2) is 9.07 Å². The lowest BCUT2D eigenvalue weighted by Crippen LogP contribution is -2.50. The molecule has 4 rings (SSSR count). The van der Waals surface area contributed by atoms with Crippen molar-refractivity contribution < 1.29 is 18.7 Å². The molecule has 0 aliphatic carbocycles. The van der Waals surface area contributed by atoms with Crippen molar-refractivity contribution in [1.29, 1.82) is 0 Å². The molecule has 9 nitrogen and oxygen atoms in total. The van der Waals surface area contributed by atoms with E-state index < -0.39 is 11.4 Å². The first-order chi connectivity index (χ1) is 16.3. The van der Waals surface area contributed by atoms with E-state index in [1.165, 1.54) is 49.1 Å². The number of rotatable bonds is 5. The number of carbonyl (C=O) groups is 2. The number of halogens is 1. The van der Waals surface area contributed by atoms with E-state index in [2.05, 4.69) is 10.4 Å². The molecule has 1 aliphatic heterocycles. The highest BCUT2D eigenvalue weighted by atomic mass is 19.1. The van der Waals surface area contributed by atoms with Crippen LogP contribution in [0.15, 0.2) is 59.5 Å². The molecule has 1 N–H and O–H groups in total. The van der Waals surface area contributed by atoms with Crippen molar-refractivity contribution in [3.8, 4) is 11.5 Å². The average Bonchev–Trinajstić information content (AvgIpc) is 2.85. The molecular weight excluding hydrogens is 441 g/mol. The van der Waals surface area contributed by atoms with Crippen LogP contribution in [0.25, 0.3) is 0 Å². The minimum atomic E-state index is -0.414. The lowest BCUT2D eigenvalue weighted by molar-refractivity contribution is -0.130. The molecule has 1 aliphatic rings. The van der Waals surface area contributed by atoms with Crippen molar-refractivity contribution in [3.05, 3.63) is 76.5 Å². The molecule has 0 radical (unpaired) electrons. The van der Waals surface area contributed by atoms with Crippen molar-refractivity contribution >= 4 is 23.2 Å². The van der Waals surface area contributed by atoms with E-state index in [-0.39, 0.29) is 23.3 Å². The molecule has 2 heterocycles. The van der Waals surface area contributed by atoms with Gasteiger partial charge in [0, 0.05) is 51.4 Å². The number of hydrogen-bond acceptors (Lipinski definition) is 6. The predicted molar refractivity (Wildman–Crippen MR) is 124 cm³/mol. The Morgan fingerprint density at radius 2 is 1.59 bits per heavy atom. The van der Waals surface area contributed by atoms with Gasteiger partial charge in [-0.2, -0.15) is 5.10 Å². The third-order valence-electron chi connectivity index (χ3n) is 5.56. The standard InChI is InChI=1S/C24H24FN5O4/c1-16(31)29-11-13-30(14-12-29)23(32)17-3-7-19(8-4-17)27-22-21(15-26-28(2)24(22)33)34-20-9-5-18(25)6-10-20/h3-10,15,27H,11-14H2,1-2H3. The maximum absolute atomic E-state index is 13.2. The fourth-order valence-corrected chi connectivity index (χ4v) is 3.59. The largest absolute Gasteiger partial charge is 0.453 e. The van der Waals surface area contributed by atoms with Crippen LogP contribution in [-0.4, -0.2) is 57.6 Å². The monoisotopic (exact) mass is 465 g/mol. The quantitative estimate of drug-likeness (QED) is 0.623. The summed E-state index contributed by atoms with van der Waals surface area (Å²) in [5, 5.41) is 7.03. The topological polar surface area (TPSA) is 96.8 Å². The number of piperazine rings is 1. The number of hydrogen-bond donors (Lipinski definition) is 1. The molecule has 3 aromatic rings. The predicted octanol–water partition coefficient (Wildman–Crippen LogP) is 2.76. The summed E-state index contributed by atoms with van der Waals surface area (Å²) in [4.78, 5) is 40.4. The molecule has 34 heavy (non-hydrogen) atoms. The third-order valence-corrected chi connectivity index (χ3v) is 5.56. The highest BCUT2D eigenvalue weighted by Crippen LogP contribution is 2.28. The molecule has 176 valence electrons. The highest BCUT2D eigenvalue weighted by Gasteiger charge is 2.23. The van der Waals surface area contributed by atoms with Crippen LogP contribution >= 0.6 is 0 Å². The molecular formula is C24H24FN5O4. The number of nitrogens with zero attached hydrogens (tertiary/aromatic N) is 4. The van der Waals surface area contributed by atoms with E-state index in [0.29, 0.717) is 43.2 Å². The zero-order valence-corrected chi connectivity index (χ0v) is 18.8. The van der Waals surface area contributed by atoms with E-state index >= 15 is 0 Å². The van der Waals surface area contributed by atoms with Crippen molar-refractivity contribution in [1.82, 2.24) is 19.6 Å². The number of benzene rings is 2. The van der Waals surface area contributed by atoms with Crippen LogP contribution in [0.5, 0.6) is 11.5 Å². The number of aryl methyl sites for hydroxylation is 1. The van der Waals surface area contributed by atoms with Gasteiger partial charge in [0.2, 0.25) is 5.91 Å². The summed E-state index contributed by atoms with van der Waals surface area (Å²) in [6.07, 6.45) is 1.39. The second-order valence-electron chi connectivity index (χ2n) is 7.87. The first-order valence-corrected chi connectivity index (χ1v) is 10.7. The minimum Gasteiger partial charge on any atom is -0.453 e. The van der Waals surface area contributed by atoms with Gasteiger partial charge in [-0.3, -0.25) is 14.4 Å². The zero-order valence-electron chi connectivity index (χ0n) is 18.8. The van der Waals surface area contributed by atoms with Gasteiger partial charge < -0.3 is 19.9 Å². The molecule has 2 amide bonds. The number of anilines is 2. The Morgan fingerprint density at radius 1 is 0.971 bits per heavy atom. The zero-order chi connectivity index (χ0) is 24.2. The lowest BCUT2D eigenvalue weighted by atomic mass is 10.1. The van der Waals surface area contributed by atoms with Crippen LogP contribution in [0.3, 0.4) is 0 Å². The summed E-state index contributed by atoms with van der Waals surface area (Å²) >= 11 is 0. The fraction of sp³-hybridized carbons (Fsp3) is 0.250. The summed E-state index contributed by atoms with van der Waals surface area (Å²) in [6.45, 7) is 3.52. The van der Waals surface area contributed by atoms with E-state index in [1.807, 2.05) is 0 Å². The summed E-state index contributed by atoms with van der Waals surface area (Å²) in [6, 6.07) is 12.2. The van der Waals surface area contributed by atoms with E-state index in [9.17, 15) is 18.8 Å². The SMILES string of the molecule is CC(=O)N1CCN(C(=O)c2ccc(Nc3c(Oc4ccc(F)cc4)cnn(C)c3=O)cc2)CC1. The number of amides is 2. The molecule has 10 heteroatoms. The van der Waals surface area contributed by atoms with E-state index in [4.69, 9.17) is 4.74 Å². The Bertz CT molecular complexity index is 1250. The normalized spacial score (nSPS) is 13.5. The van der Waals surface area contributed by atoms with Crippen LogP contribution in [-0.2, 0) is 11.8 Å². The second kappa shape index (κ2) is 9.74. The fourth-order valence-electron chi connectivity index (χ4n) is 3.59. The van der Waals surface area contributed by atoms with Gasteiger partial charge in [-0.15, -0.1) is 0 Å². The minimum absolute atomic E-state index is 0.00700. The molecule has 0 spiro atoms. The second-order valence-corrected chi connectivity index (χ2v) is 7.87. The Morgan fingerprint density at radius 3 is 2.21 bits per heavy atom. The smallest absolute Gasteiger partial charge is 0.294 e. The third kappa shape index (κ3) is 5.06. The van der Waals surface area contributed by atoms with Gasteiger partial charge in [0.25, 0.3) is 11.5 Å². The molecule has 0 bridgehead atoms. The lowest BCUT2D eigenvalue weighted by Gasteiger charge is -2.34. The first kappa shape index (κ1) is 23.0. The van der Waals surface area contributed by atoms with Gasteiger partial charge in [-0.05, 0) is 48.5 Å². The van der Waals surface area contributed by atoms with E-state index in [1.54, 1.807) is 34.1 Å². The summed E-state index contributed by atoms with van der Waals surface area (Å²) in [7, 11) is 1.52. The number of carbonyl (C=O) groups excluding carboxylic acids is 2. The summed E-state index contributed by atoms with van der Waals surface area (Å²) in [5.74, 6) is 0.0224. The first-order valence-electron chi connectivity index (χ1n) is 10.7. The van der Waals surface area contributed by atoms with Crippen molar-refractivity contribution in [3.63, 3.8) is 0 Å². The van der Waals surface area contributed by atoms with Crippen LogP contribution in [0.2, 0.25) is 0 Å². The summed E-state index contributed by atoms with van der Waals surface area (Å²) < 4.78 is 20.1. The van der Waals surface area contributed by atoms with Crippen molar-refractivity contribution in [2.24, 2.45) is 7.05 Å². The number of ether oxygens (including phenoxy) is 1. The molecule has 1 saturated heterocycles. The highest BCUT2D eigenvalue weighted by molar-refractivity contribution is 5.94. The Labute approximate surface area is 195 Å². The molecule has 2 aromatic carbocycles. The van der Waals surface area contributed by atoms with Crippen LogP contribution in [0.4, 0.5) is 15.8 Å². The van der Waals surface area contributed by atoms with Crippen LogP contribution in [0, 0.1) is 5.82 Å². The Kier molecular flexibility index (Phi) is 6.58. The van der Waals surface area contributed by atoms with Crippen molar-refractivity contribution in [2.75, 3.05) is 31.5 Å². The molecule has 0 saturated carbocycles. The van der Waals surface area contributed by atoms with Crippen LogP contribution < -0.4 is 15.6 Å². The van der Waals surface area contributed by atoms with Gasteiger partial charge >= 0.3 is 0 Å². The maximum atomic E-state index is 13.2. The van der Waals surface area contributed by atoms with Gasteiger partial charge in [0.15, 0.2) is 11.4 Å². The summed E-state index contributed by atoms with van der Waals surface area (Å²) in [5.41, 5.74) is 0.821. The van der Waals surface area contributed by atoms with Gasteiger partial charge in [0.05, 0.1) is 6.20 Å². The van der Waals surface area contributed by atoms with Gasteiger partial charge in [0.1, 0.15) is 11.6 Å². The Balaban J connectivity index is 1.49. The maximum Gasteiger partial charge on any atom is 0.294 e. The van der Waals surface area contributed by atoms with E-state index in [0.717, 1.165) is 0 Å². The van der Waals surface area contributed by atoms with Gasteiger partial charge in [-0.1, -0.05) is 0 Å². The number of aromatic nitrogens is 2. The number of nitrogens with one attached hydrogen (secondary N) is 1. The molecule has 0 atom stereocenters. The Hall–Kier alpha value is -4.21. The molecule has 0 unspecified atom stereocenters.